The fourth-order valence-corrected chi connectivity index (χ4v) is 5.38. The third kappa shape index (κ3) is 6.27. The third-order valence-electron chi connectivity index (χ3n) is 6.41. The van der Waals surface area contributed by atoms with Crippen molar-refractivity contribution < 1.29 is 9.47 Å². The highest BCUT2D eigenvalue weighted by Crippen LogP contribution is 2.41. The molecule has 184 valence electrons. The van der Waals surface area contributed by atoms with Crippen molar-refractivity contribution in [3.05, 3.63) is 71.3 Å². The van der Waals surface area contributed by atoms with Crippen molar-refractivity contribution >= 4 is 43.2 Å². The second kappa shape index (κ2) is 11.3. The molecule has 3 heteroatoms. The van der Waals surface area contributed by atoms with Crippen LogP contribution in [0.4, 0.5) is 0 Å². The number of aryl methyl sites for hydroxylation is 1. The van der Waals surface area contributed by atoms with Gasteiger partial charge in [0.15, 0.2) is 0 Å². The van der Waals surface area contributed by atoms with Crippen LogP contribution in [-0.2, 0) is 0 Å². The number of rotatable bonds is 10. The first-order valence-electron chi connectivity index (χ1n) is 12.8. The molecule has 1 heterocycles. The van der Waals surface area contributed by atoms with Crippen molar-refractivity contribution in [1.29, 1.82) is 0 Å². The molecule has 0 aliphatic rings. The first kappa shape index (κ1) is 25.3. The lowest BCUT2D eigenvalue weighted by Gasteiger charge is -2.13. The van der Waals surface area contributed by atoms with E-state index in [2.05, 4.69) is 102 Å². The van der Waals surface area contributed by atoms with Gasteiger partial charge in [0.2, 0.25) is 0 Å². The van der Waals surface area contributed by atoms with Crippen LogP contribution in [0.5, 0.6) is 11.5 Å². The van der Waals surface area contributed by atoms with Gasteiger partial charge in [-0.3, -0.25) is 0 Å². The van der Waals surface area contributed by atoms with Gasteiger partial charge in [-0.1, -0.05) is 58.0 Å². The van der Waals surface area contributed by atoms with E-state index in [0.717, 1.165) is 43.1 Å². The lowest BCUT2D eigenvalue weighted by Crippen LogP contribution is -2.02. The highest BCUT2D eigenvalue weighted by atomic mass is 32.1. The standard InChI is InChI=1S/C32H38O2S/c1-21(2)12-14-33-29-19-27-28-20-30(34-15-13-22(3)4)26(16-23(5)25-10-8-7-9-11-25)18-32(28)35-31(27)17-24(29)6/h7-11,16-22H,12-15H2,1-6H3. The van der Waals surface area contributed by atoms with Gasteiger partial charge in [-0.05, 0) is 85.6 Å². The van der Waals surface area contributed by atoms with E-state index in [9.17, 15) is 0 Å². The molecule has 4 aromatic rings. The van der Waals surface area contributed by atoms with Crippen LogP contribution in [0, 0.1) is 18.8 Å². The molecule has 0 amide bonds. The average molecular weight is 487 g/mol. The van der Waals surface area contributed by atoms with Crippen molar-refractivity contribution in [2.24, 2.45) is 11.8 Å². The molecule has 3 aromatic carbocycles. The Labute approximate surface area is 214 Å². The van der Waals surface area contributed by atoms with Crippen LogP contribution in [0.1, 0.15) is 64.2 Å². The summed E-state index contributed by atoms with van der Waals surface area (Å²) in [5.41, 5.74) is 4.80. The SMILES string of the molecule is CC(=Cc1cc2sc3cc(C)c(OCCC(C)C)cc3c2cc1OCCC(C)C)c1ccccc1. The Hall–Kier alpha value is -2.78. The van der Waals surface area contributed by atoms with Gasteiger partial charge in [0.25, 0.3) is 0 Å². The van der Waals surface area contributed by atoms with Gasteiger partial charge in [-0.2, -0.15) is 0 Å². The third-order valence-corrected chi connectivity index (χ3v) is 7.52. The van der Waals surface area contributed by atoms with Crippen LogP contribution < -0.4 is 9.47 Å². The van der Waals surface area contributed by atoms with E-state index in [-0.39, 0.29) is 0 Å². The quantitative estimate of drug-likeness (QED) is 0.208. The lowest BCUT2D eigenvalue weighted by atomic mass is 10.0. The molecule has 0 atom stereocenters. The lowest BCUT2D eigenvalue weighted by molar-refractivity contribution is 0.288. The number of fused-ring (bicyclic) bond motifs is 3. The van der Waals surface area contributed by atoms with Crippen molar-refractivity contribution in [2.45, 2.75) is 54.4 Å². The highest BCUT2D eigenvalue weighted by Gasteiger charge is 2.14. The van der Waals surface area contributed by atoms with Crippen LogP contribution in [0.15, 0.2) is 54.6 Å². The maximum Gasteiger partial charge on any atom is 0.127 e. The van der Waals surface area contributed by atoms with Gasteiger partial charge >= 0.3 is 0 Å². The molecule has 0 bridgehead atoms. The zero-order valence-corrected chi connectivity index (χ0v) is 22.8. The molecule has 35 heavy (non-hydrogen) atoms. The van der Waals surface area contributed by atoms with Gasteiger partial charge in [0, 0.05) is 25.7 Å². The average Bonchev–Trinajstić information content (AvgIpc) is 3.15. The van der Waals surface area contributed by atoms with Gasteiger partial charge in [-0.25, -0.2) is 0 Å². The monoisotopic (exact) mass is 486 g/mol. The maximum atomic E-state index is 6.39. The number of hydrogen-bond acceptors (Lipinski definition) is 3. The van der Waals surface area contributed by atoms with Crippen LogP contribution in [0.3, 0.4) is 0 Å². The summed E-state index contributed by atoms with van der Waals surface area (Å²) in [4.78, 5) is 0. The van der Waals surface area contributed by atoms with Crippen LogP contribution in [0.2, 0.25) is 0 Å². The van der Waals surface area contributed by atoms with E-state index in [1.807, 2.05) is 11.3 Å². The van der Waals surface area contributed by atoms with Crippen LogP contribution in [0.25, 0.3) is 31.8 Å². The van der Waals surface area contributed by atoms with E-state index in [1.54, 1.807) is 0 Å². The first-order chi connectivity index (χ1) is 16.8. The van der Waals surface area contributed by atoms with Gasteiger partial charge in [0.1, 0.15) is 11.5 Å². The Morgan fingerprint density at radius 3 is 2.00 bits per heavy atom. The first-order valence-corrected chi connectivity index (χ1v) is 13.6. The molecule has 1 aromatic heterocycles. The van der Waals surface area contributed by atoms with Crippen molar-refractivity contribution in [2.75, 3.05) is 13.2 Å². The molecule has 0 fully saturated rings. The smallest absolute Gasteiger partial charge is 0.127 e. The highest BCUT2D eigenvalue weighted by molar-refractivity contribution is 7.25. The molecule has 0 radical (unpaired) electrons. The summed E-state index contributed by atoms with van der Waals surface area (Å²) in [5.74, 6) is 3.19. The Morgan fingerprint density at radius 2 is 1.37 bits per heavy atom. The topological polar surface area (TPSA) is 18.5 Å². The molecule has 0 aliphatic heterocycles. The second-order valence-corrected chi connectivity index (χ2v) is 11.4. The predicted octanol–water partition coefficient (Wildman–Crippen LogP) is 9.77. The minimum atomic E-state index is 0.610. The Kier molecular flexibility index (Phi) is 8.18. The fourth-order valence-electron chi connectivity index (χ4n) is 4.17. The predicted molar refractivity (Wildman–Crippen MR) is 154 cm³/mol. The zero-order chi connectivity index (χ0) is 24.9. The molecule has 0 saturated heterocycles. The zero-order valence-electron chi connectivity index (χ0n) is 22.0. The molecule has 0 spiro atoms. The van der Waals surface area contributed by atoms with Crippen LogP contribution in [-0.4, -0.2) is 13.2 Å². The fraction of sp³-hybridized carbons (Fsp3) is 0.375. The van der Waals surface area contributed by atoms with Crippen LogP contribution >= 0.6 is 11.3 Å². The molecule has 0 saturated carbocycles. The van der Waals surface area contributed by atoms with E-state index < -0.39 is 0 Å². The molecule has 0 unspecified atom stereocenters. The summed E-state index contributed by atoms with van der Waals surface area (Å²) in [6.07, 6.45) is 4.36. The van der Waals surface area contributed by atoms with E-state index in [4.69, 9.17) is 9.47 Å². The normalized spacial score (nSPS) is 12.3. The molecule has 0 N–H and O–H groups in total. The molecule has 4 rings (SSSR count). The Bertz CT molecular complexity index is 1310. The Morgan fingerprint density at radius 1 is 0.800 bits per heavy atom. The molecule has 2 nitrogen and oxygen atoms in total. The van der Waals surface area contributed by atoms with E-state index in [1.165, 1.54) is 36.9 Å². The summed E-state index contributed by atoms with van der Waals surface area (Å²) >= 11 is 1.85. The van der Waals surface area contributed by atoms with Crippen molar-refractivity contribution in [1.82, 2.24) is 0 Å². The van der Waals surface area contributed by atoms with E-state index in [0.29, 0.717) is 11.8 Å². The maximum absolute atomic E-state index is 6.39. The van der Waals surface area contributed by atoms with Crippen molar-refractivity contribution in [3.8, 4) is 11.5 Å². The second-order valence-electron chi connectivity index (χ2n) is 10.4. The van der Waals surface area contributed by atoms with E-state index >= 15 is 0 Å². The Balaban J connectivity index is 1.77. The summed E-state index contributed by atoms with van der Waals surface area (Å²) < 4.78 is 15.1. The minimum absolute atomic E-state index is 0.610. The van der Waals surface area contributed by atoms with Gasteiger partial charge in [-0.15, -0.1) is 11.3 Å². The number of hydrogen-bond donors (Lipinski definition) is 0. The number of benzene rings is 3. The molecular weight excluding hydrogens is 448 g/mol. The van der Waals surface area contributed by atoms with Gasteiger partial charge < -0.3 is 9.47 Å². The number of ether oxygens (including phenoxy) is 2. The minimum Gasteiger partial charge on any atom is -0.493 e. The summed E-state index contributed by atoms with van der Waals surface area (Å²) in [7, 11) is 0. The molecule has 0 aliphatic carbocycles. The van der Waals surface area contributed by atoms with Crippen molar-refractivity contribution in [3.63, 3.8) is 0 Å². The summed E-state index contributed by atoms with van der Waals surface area (Å²) in [6, 6.07) is 19.6. The van der Waals surface area contributed by atoms with Gasteiger partial charge in [0.05, 0.1) is 13.2 Å². The molecular formula is C32H38O2S. The number of thiophene rings is 1. The summed E-state index contributed by atoms with van der Waals surface area (Å²) in [5, 5.41) is 2.49. The number of allylic oxidation sites excluding steroid dienone is 1. The summed E-state index contributed by atoms with van der Waals surface area (Å²) in [6.45, 7) is 14.7. The largest absolute Gasteiger partial charge is 0.493 e.